The fraction of sp³-hybridized carbons (Fsp3) is 0.250. The molecular weight excluding hydrogens is 446 g/mol. The third-order valence-electron chi connectivity index (χ3n) is 4.80. The molecule has 0 aliphatic carbocycles. The van der Waals surface area contributed by atoms with Crippen molar-refractivity contribution < 1.29 is 31.6 Å². The number of hydrogen-bond donors (Lipinski definition) is 3. The average Bonchev–Trinajstić information content (AvgIpc) is 2.78. The van der Waals surface area contributed by atoms with E-state index >= 15 is 0 Å². The van der Waals surface area contributed by atoms with E-state index in [2.05, 4.69) is 16.0 Å². The van der Waals surface area contributed by atoms with Crippen LogP contribution in [0.25, 0.3) is 0 Å². The standard InChI is InChI=1S/C20H20F2N4O5S/c1-23-20(29)18(12-5-6-15(21)16(22)10-12)25-19(28)13-3-2-4-14(9-13)32(30,31)26-8-7-24-17(27)11-26/h2-6,9-10,18H,7-8,11H2,1H3,(H,23,29)(H,24,27)(H,25,28). The van der Waals surface area contributed by atoms with Crippen LogP contribution in [0.1, 0.15) is 22.0 Å². The molecule has 0 bridgehead atoms. The Kier molecular flexibility index (Phi) is 6.84. The van der Waals surface area contributed by atoms with E-state index in [1.807, 2.05) is 0 Å². The Morgan fingerprint density at radius 3 is 2.53 bits per heavy atom. The number of carbonyl (C=O) groups excluding carboxylic acids is 3. The SMILES string of the molecule is CNC(=O)C(NC(=O)c1cccc(S(=O)(=O)N2CCNC(=O)C2)c1)c1ccc(F)c(F)c1. The van der Waals surface area contributed by atoms with Crippen molar-refractivity contribution in [2.45, 2.75) is 10.9 Å². The number of benzene rings is 2. The Morgan fingerprint density at radius 2 is 1.88 bits per heavy atom. The van der Waals surface area contributed by atoms with Crippen molar-refractivity contribution in [1.29, 1.82) is 0 Å². The van der Waals surface area contributed by atoms with E-state index in [1.165, 1.54) is 25.2 Å². The molecule has 1 heterocycles. The number of nitrogens with zero attached hydrogens (tertiary/aromatic N) is 1. The second-order valence-corrected chi connectivity index (χ2v) is 8.85. The van der Waals surface area contributed by atoms with Gasteiger partial charge < -0.3 is 16.0 Å². The molecule has 1 saturated heterocycles. The van der Waals surface area contributed by atoms with Crippen LogP contribution in [0.5, 0.6) is 0 Å². The highest BCUT2D eigenvalue weighted by Crippen LogP contribution is 2.20. The van der Waals surface area contributed by atoms with E-state index in [4.69, 9.17) is 0 Å². The van der Waals surface area contributed by atoms with Gasteiger partial charge >= 0.3 is 0 Å². The van der Waals surface area contributed by atoms with Gasteiger partial charge in [-0.15, -0.1) is 0 Å². The van der Waals surface area contributed by atoms with Crippen LogP contribution in [-0.2, 0) is 19.6 Å². The molecular formula is C20H20F2N4O5S. The van der Waals surface area contributed by atoms with Crippen LogP contribution < -0.4 is 16.0 Å². The zero-order chi connectivity index (χ0) is 23.5. The maximum absolute atomic E-state index is 13.6. The second-order valence-electron chi connectivity index (χ2n) is 6.91. The van der Waals surface area contributed by atoms with Gasteiger partial charge in [0.05, 0.1) is 11.4 Å². The Morgan fingerprint density at radius 1 is 1.12 bits per heavy atom. The van der Waals surface area contributed by atoms with Crippen LogP contribution in [0.15, 0.2) is 47.4 Å². The molecule has 2 aromatic carbocycles. The molecule has 1 atom stereocenters. The molecule has 0 aromatic heterocycles. The number of likely N-dealkylation sites (N-methyl/N-ethyl adjacent to an activating group) is 1. The highest BCUT2D eigenvalue weighted by molar-refractivity contribution is 7.89. The van der Waals surface area contributed by atoms with Crippen molar-refractivity contribution in [1.82, 2.24) is 20.3 Å². The van der Waals surface area contributed by atoms with Crippen LogP contribution in [0.2, 0.25) is 0 Å². The highest BCUT2D eigenvalue weighted by Gasteiger charge is 2.30. The molecule has 0 spiro atoms. The van der Waals surface area contributed by atoms with Gasteiger partial charge in [0.2, 0.25) is 21.8 Å². The highest BCUT2D eigenvalue weighted by atomic mass is 32.2. The topological polar surface area (TPSA) is 125 Å². The van der Waals surface area contributed by atoms with Gasteiger partial charge in [-0.1, -0.05) is 12.1 Å². The lowest BCUT2D eigenvalue weighted by Gasteiger charge is -2.26. The maximum atomic E-state index is 13.6. The van der Waals surface area contributed by atoms with Crippen LogP contribution in [0, 0.1) is 11.6 Å². The quantitative estimate of drug-likeness (QED) is 0.565. The lowest BCUT2D eigenvalue weighted by atomic mass is 10.0. The first-order valence-electron chi connectivity index (χ1n) is 9.48. The van der Waals surface area contributed by atoms with Crippen LogP contribution in [0.3, 0.4) is 0 Å². The van der Waals surface area contributed by atoms with Gasteiger partial charge in [0.1, 0.15) is 6.04 Å². The van der Waals surface area contributed by atoms with Crippen molar-refractivity contribution in [2.75, 3.05) is 26.7 Å². The minimum absolute atomic E-state index is 0.000273. The normalized spacial score (nSPS) is 15.5. The molecule has 1 aliphatic rings. The number of nitrogens with one attached hydrogen (secondary N) is 3. The molecule has 32 heavy (non-hydrogen) atoms. The van der Waals surface area contributed by atoms with Gasteiger partial charge in [-0.25, -0.2) is 17.2 Å². The zero-order valence-corrected chi connectivity index (χ0v) is 17.7. The summed E-state index contributed by atoms with van der Waals surface area (Å²) in [7, 11) is -2.73. The van der Waals surface area contributed by atoms with Crippen LogP contribution in [-0.4, -0.2) is 57.1 Å². The summed E-state index contributed by atoms with van der Waals surface area (Å²) in [6.45, 7) is -0.0900. The monoisotopic (exact) mass is 466 g/mol. The lowest BCUT2D eigenvalue weighted by molar-refractivity contribution is -0.123. The number of amides is 3. The van der Waals surface area contributed by atoms with E-state index in [0.717, 1.165) is 28.6 Å². The van der Waals surface area contributed by atoms with E-state index in [0.29, 0.717) is 0 Å². The number of hydrogen-bond acceptors (Lipinski definition) is 5. The smallest absolute Gasteiger partial charge is 0.252 e. The summed E-state index contributed by atoms with van der Waals surface area (Å²) in [5.41, 5.74) is -0.0799. The third-order valence-corrected chi connectivity index (χ3v) is 6.64. The lowest BCUT2D eigenvalue weighted by Crippen LogP contribution is -2.49. The molecule has 0 saturated carbocycles. The van der Waals surface area contributed by atoms with E-state index in [9.17, 15) is 31.6 Å². The number of piperazine rings is 1. The Labute approximate surface area is 182 Å². The molecule has 3 N–H and O–H groups in total. The molecule has 1 aliphatic heterocycles. The second kappa shape index (κ2) is 9.40. The molecule has 170 valence electrons. The first-order chi connectivity index (χ1) is 15.1. The van der Waals surface area contributed by atoms with Gasteiger partial charge in [0.15, 0.2) is 11.6 Å². The zero-order valence-electron chi connectivity index (χ0n) is 16.9. The van der Waals surface area contributed by atoms with Crippen LogP contribution in [0.4, 0.5) is 8.78 Å². The van der Waals surface area contributed by atoms with Gasteiger partial charge in [-0.2, -0.15) is 4.31 Å². The first kappa shape index (κ1) is 23.3. The number of rotatable bonds is 6. The van der Waals surface area contributed by atoms with Gasteiger partial charge in [0.25, 0.3) is 5.91 Å². The largest absolute Gasteiger partial charge is 0.357 e. The van der Waals surface area contributed by atoms with Crippen molar-refractivity contribution in [3.05, 3.63) is 65.2 Å². The minimum Gasteiger partial charge on any atom is -0.357 e. The molecule has 9 nitrogen and oxygen atoms in total. The van der Waals surface area contributed by atoms with E-state index in [1.54, 1.807) is 0 Å². The first-order valence-corrected chi connectivity index (χ1v) is 10.9. The summed E-state index contributed by atoms with van der Waals surface area (Å²) in [5, 5.41) is 7.26. The molecule has 2 aromatic rings. The fourth-order valence-electron chi connectivity index (χ4n) is 3.12. The predicted octanol–water partition coefficient (Wildman–Crippen LogP) is 0.302. The molecule has 3 rings (SSSR count). The van der Waals surface area contributed by atoms with Crippen LogP contribution >= 0.6 is 0 Å². The van der Waals surface area contributed by atoms with Crippen molar-refractivity contribution in [3.8, 4) is 0 Å². The number of halogens is 2. The number of sulfonamides is 1. The third kappa shape index (κ3) is 4.92. The van der Waals surface area contributed by atoms with Gasteiger partial charge in [-0.05, 0) is 35.9 Å². The molecule has 12 heteroatoms. The number of carbonyl (C=O) groups is 3. The molecule has 3 amide bonds. The van der Waals surface area contributed by atoms with Crippen molar-refractivity contribution >= 4 is 27.7 Å². The Balaban J connectivity index is 1.87. The summed E-state index contributed by atoms with van der Waals surface area (Å²) in [6.07, 6.45) is 0. The van der Waals surface area contributed by atoms with Gasteiger partial charge in [-0.3, -0.25) is 14.4 Å². The Bertz CT molecular complexity index is 1170. The summed E-state index contributed by atoms with van der Waals surface area (Å²) in [6, 6.07) is 6.50. The molecule has 1 fully saturated rings. The maximum Gasteiger partial charge on any atom is 0.252 e. The predicted molar refractivity (Wildman–Crippen MR) is 109 cm³/mol. The van der Waals surface area contributed by atoms with E-state index in [-0.39, 0.29) is 35.7 Å². The fourth-order valence-corrected chi connectivity index (χ4v) is 4.56. The Hall–Kier alpha value is -3.38. The summed E-state index contributed by atoms with van der Waals surface area (Å²) in [4.78, 5) is 36.4. The van der Waals surface area contributed by atoms with E-state index < -0.39 is 45.4 Å². The summed E-state index contributed by atoms with van der Waals surface area (Å²) < 4.78 is 53.6. The van der Waals surface area contributed by atoms with Crippen molar-refractivity contribution in [2.24, 2.45) is 0 Å². The average molecular weight is 466 g/mol. The molecule has 1 unspecified atom stereocenters. The minimum atomic E-state index is -4.04. The van der Waals surface area contributed by atoms with Crippen molar-refractivity contribution in [3.63, 3.8) is 0 Å². The molecule has 0 radical (unpaired) electrons. The summed E-state index contributed by atoms with van der Waals surface area (Å²) >= 11 is 0. The van der Waals surface area contributed by atoms with Gasteiger partial charge in [0, 0.05) is 25.7 Å². The summed E-state index contributed by atoms with van der Waals surface area (Å²) in [5.74, 6) is -4.23.